The summed E-state index contributed by atoms with van der Waals surface area (Å²) in [6.45, 7) is 7.78. The van der Waals surface area contributed by atoms with Gasteiger partial charge in [-0.15, -0.1) is 0 Å². The van der Waals surface area contributed by atoms with Crippen molar-refractivity contribution in [2.75, 3.05) is 11.9 Å². The van der Waals surface area contributed by atoms with Crippen LogP contribution in [0.1, 0.15) is 38.1 Å². The average Bonchev–Trinajstić information content (AvgIpc) is 2.62. The van der Waals surface area contributed by atoms with Crippen molar-refractivity contribution in [3.63, 3.8) is 0 Å². The first kappa shape index (κ1) is 14.5. The molecule has 1 aromatic rings. The third-order valence-electron chi connectivity index (χ3n) is 3.34. The quantitative estimate of drug-likeness (QED) is 0.901. The van der Waals surface area contributed by atoms with Gasteiger partial charge in [-0.3, -0.25) is 9.59 Å². The summed E-state index contributed by atoms with van der Waals surface area (Å²) >= 11 is 0. The van der Waals surface area contributed by atoms with Gasteiger partial charge >= 0.3 is 0 Å². The number of hydrogen-bond acceptors (Lipinski definition) is 3. The van der Waals surface area contributed by atoms with Gasteiger partial charge in [-0.05, 0) is 39.0 Å². The summed E-state index contributed by atoms with van der Waals surface area (Å²) in [5.41, 5.74) is 0.830. The molecular formula is C15H20N2O3. The molecule has 0 bridgehead atoms. The molecule has 5 nitrogen and oxygen atoms in total. The van der Waals surface area contributed by atoms with Crippen molar-refractivity contribution in [2.45, 2.75) is 39.5 Å². The molecule has 1 aliphatic rings. The van der Waals surface area contributed by atoms with Gasteiger partial charge in [0.05, 0.1) is 12.1 Å². The van der Waals surface area contributed by atoms with Crippen molar-refractivity contribution >= 4 is 17.5 Å². The van der Waals surface area contributed by atoms with Crippen molar-refractivity contribution < 1.29 is 14.3 Å². The van der Waals surface area contributed by atoms with E-state index in [1.54, 1.807) is 29.2 Å². The Labute approximate surface area is 118 Å². The van der Waals surface area contributed by atoms with Crippen LogP contribution in [-0.4, -0.2) is 35.1 Å². The van der Waals surface area contributed by atoms with E-state index in [1.807, 2.05) is 20.8 Å². The number of nitrogens with one attached hydrogen (secondary N) is 1. The molecule has 1 heterocycles. The zero-order chi connectivity index (χ0) is 14.9. The summed E-state index contributed by atoms with van der Waals surface area (Å²) in [6, 6.07) is 6.94. The zero-order valence-electron chi connectivity index (χ0n) is 12.3. The second-order valence-corrected chi connectivity index (χ2v) is 5.66. The highest BCUT2D eigenvalue weighted by Gasteiger charge is 2.41. The Morgan fingerprint density at radius 2 is 2.10 bits per heavy atom. The van der Waals surface area contributed by atoms with Crippen LogP contribution in [0.25, 0.3) is 0 Å². The lowest BCUT2D eigenvalue weighted by molar-refractivity contribution is -0.114. The highest BCUT2D eigenvalue weighted by Crippen LogP contribution is 2.29. The van der Waals surface area contributed by atoms with E-state index in [-0.39, 0.29) is 23.6 Å². The molecule has 1 fully saturated rings. The van der Waals surface area contributed by atoms with Crippen LogP contribution in [0.3, 0.4) is 0 Å². The van der Waals surface area contributed by atoms with Crippen molar-refractivity contribution in [3.05, 3.63) is 29.8 Å². The first-order valence-corrected chi connectivity index (χ1v) is 6.64. The maximum absolute atomic E-state index is 12.6. The molecule has 0 spiro atoms. The summed E-state index contributed by atoms with van der Waals surface area (Å²) in [5, 5.41) is 2.68. The van der Waals surface area contributed by atoms with E-state index >= 15 is 0 Å². The average molecular weight is 276 g/mol. The van der Waals surface area contributed by atoms with E-state index in [0.29, 0.717) is 17.9 Å². The van der Waals surface area contributed by atoms with Gasteiger partial charge in [-0.25, -0.2) is 0 Å². The van der Waals surface area contributed by atoms with Crippen molar-refractivity contribution in [2.24, 2.45) is 0 Å². The van der Waals surface area contributed by atoms with Gasteiger partial charge < -0.3 is 15.0 Å². The van der Waals surface area contributed by atoms with Crippen LogP contribution < -0.4 is 5.32 Å². The molecule has 108 valence electrons. The van der Waals surface area contributed by atoms with Gasteiger partial charge in [-0.2, -0.15) is 0 Å². The first-order chi connectivity index (χ1) is 9.31. The van der Waals surface area contributed by atoms with E-state index in [2.05, 4.69) is 5.32 Å². The lowest BCUT2D eigenvalue weighted by atomic mass is 10.0. The summed E-state index contributed by atoms with van der Waals surface area (Å²) < 4.78 is 5.55. The Bertz CT molecular complexity index is 540. The third kappa shape index (κ3) is 2.82. The molecule has 0 aromatic heterocycles. The highest BCUT2D eigenvalue weighted by atomic mass is 16.5. The molecular weight excluding hydrogens is 256 g/mol. The monoisotopic (exact) mass is 276 g/mol. The second-order valence-electron chi connectivity index (χ2n) is 5.66. The van der Waals surface area contributed by atoms with Crippen molar-refractivity contribution in [1.29, 1.82) is 0 Å². The van der Waals surface area contributed by atoms with E-state index in [1.165, 1.54) is 6.92 Å². The minimum Gasteiger partial charge on any atom is -0.356 e. The fraction of sp³-hybridized carbons (Fsp3) is 0.467. The lowest BCUT2D eigenvalue weighted by Gasteiger charge is -2.32. The van der Waals surface area contributed by atoms with Gasteiger partial charge in [0, 0.05) is 18.2 Å². The number of anilines is 1. The summed E-state index contributed by atoms with van der Waals surface area (Å²) in [6.07, 6.45) is -0.248. The molecule has 1 aromatic carbocycles. The summed E-state index contributed by atoms with van der Waals surface area (Å²) in [5.74, 6) is -0.250. The SMILES string of the molecule is CC(=O)Nc1cccc(C(=O)N2C(C)OCC2(C)C)c1. The Morgan fingerprint density at radius 3 is 2.65 bits per heavy atom. The van der Waals surface area contributed by atoms with E-state index in [4.69, 9.17) is 4.74 Å². The molecule has 1 aliphatic heterocycles. The molecule has 0 saturated carbocycles. The van der Waals surface area contributed by atoms with Gasteiger partial charge in [-0.1, -0.05) is 6.07 Å². The Hall–Kier alpha value is -1.88. The van der Waals surface area contributed by atoms with Crippen LogP contribution in [0.15, 0.2) is 24.3 Å². The number of nitrogens with zero attached hydrogens (tertiary/aromatic N) is 1. The van der Waals surface area contributed by atoms with Gasteiger partial charge in [0.2, 0.25) is 5.91 Å². The van der Waals surface area contributed by atoms with Gasteiger partial charge in [0.1, 0.15) is 6.23 Å². The van der Waals surface area contributed by atoms with Crippen LogP contribution in [0.2, 0.25) is 0 Å². The maximum Gasteiger partial charge on any atom is 0.256 e. The smallest absolute Gasteiger partial charge is 0.256 e. The minimum atomic E-state index is -0.333. The number of ether oxygens (including phenoxy) is 1. The Kier molecular flexibility index (Phi) is 3.81. The molecule has 1 saturated heterocycles. The van der Waals surface area contributed by atoms with Crippen LogP contribution in [0.5, 0.6) is 0 Å². The van der Waals surface area contributed by atoms with E-state index in [0.717, 1.165) is 0 Å². The van der Waals surface area contributed by atoms with Crippen LogP contribution in [0, 0.1) is 0 Å². The van der Waals surface area contributed by atoms with Crippen molar-refractivity contribution in [1.82, 2.24) is 4.90 Å². The lowest BCUT2D eigenvalue weighted by Crippen LogP contribution is -2.47. The third-order valence-corrected chi connectivity index (χ3v) is 3.34. The van der Waals surface area contributed by atoms with Crippen LogP contribution in [0.4, 0.5) is 5.69 Å². The molecule has 0 aliphatic carbocycles. The fourth-order valence-corrected chi connectivity index (χ4v) is 2.47. The van der Waals surface area contributed by atoms with Crippen LogP contribution >= 0.6 is 0 Å². The number of carbonyl (C=O) groups excluding carboxylic acids is 2. The molecule has 5 heteroatoms. The molecule has 2 rings (SSSR count). The molecule has 20 heavy (non-hydrogen) atoms. The Morgan fingerprint density at radius 1 is 1.40 bits per heavy atom. The topological polar surface area (TPSA) is 58.6 Å². The minimum absolute atomic E-state index is 0.0906. The standard InChI is InChI=1S/C15H20N2O3/c1-10(18)16-13-7-5-6-12(8-13)14(19)17-11(2)20-9-15(17,3)4/h5-8,11H,9H2,1-4H3,(H,16,18). The number of amides is 2. The normalized spacial score (nSPS) is 20.8. The molecule has 1 atom stereocenters. The largest absolute Gasteiger partial charge is 0.356 e. The highest BCUT2D eigenvalue weighted by molar-refractivity contribution is 5.97. The first-order valence-electron chi connectivity index (χ1n) is 6.64. The molecule has 0 radical (unpaired) electrons. The number of benzene rings is 1. The number of carbonyl (C=O) groups is 2. The van der Waals surface area contributed by atoms with Crippen molar-refractivity contribution in [3.8, 4) is 0 Å². The Balaban J connectivity index is 2.27. The molecule has 1 N–H and O–H groups in total. The second kappa shape index (κ2) is 5.25. The number of hydrogen-bond donors (Lipinski definition) is 1. The predicted molar refractivity (Wildman–Crippen MR) is 76.4 cm³/mol. The summed E-state index contributed by atoms with van der Waals surface area (Å²) in [4.78, 5) is 25.5. The molecule has 1 unspecified atom stereocenters. The van der Waals surface area contributed by atoms with E-state index in [9.17, 15) is 9.59 Å². The summed E-state index contributed by atoms with van der Waals surface area (Å²) in [7, 11) is 0. The van der Waals surface area contributed by atoms with E-state index < -0.39 is 0 Å². The van der Waals surface area contributed by atoms with Gasteiger partial charge in [0.25, 0.3) is 5.91 Å². The van der Waals surface area contributed by atoms with Crippen LogP contribution in [-0.2, 0) is 9.53 Å². The number of rotatable bonds is 2. The zero-order valence-corrected chi connectivity index (χ0v) is 12.3. The maximum atomic E-state index is 12.6. The van der Waals surface area contributed by atoms with Gasteiger partial charge in [0.15, 0.2) is 0 Å². The fourth-order valence-electron chi connectivity index (χ4n) is 2.47. The molecule has 2 amide bonds. The predicted octanol–water partition coefficient (Wildman–Crippen LogP) is 2.24.